The first-order valence-electron chi connectivity index (χ1n) is 5.59. The first kappa shape index (κ1) is 14.8. The zero-order valence-electron chi connectivity index (χ0n) is 10.5. The van der Waals surface area contributed by atoms with Crippen molar-refractivity contribution in [3.8, 4) is 0 Å². The average molecular weight is 267 g/mol. The minimum atomic E-state index is -4.84. The molecule has 0 bridgehead atoms. The van der Waals surface area contributed by atoms with Gasteiger partial charge in [0, 0.05) is 19.0 Å². The molecule has 1 rings (SSSR count). The Morgan fingerprint density at radius 3 is 2.22 bits per heavy atom. The molecule has 1 atom stereocenters. The summed E-state index contributed by atoms with van der Waals surface area (Å²) in [6.45, 7) is 4.88. The Bertz CT molecular complexity index is 346. The van der Waals surface area contributed by atoms with E-state index in [0.29, 0.717) is 0 Å². The first-order chi connectivity index (χ1) is 8.00. The minimum absolute atomic E-state index is 0.0254. The normalized spacial score (nSPS) is 21.0. The molecular formula is C11H16F3NO3. The molecule has 18 heavy (non-hydrogen) atoms. The maximum Gasteiger partial charge on any atom is 0.450 e. The van der Waals surface area contributed by atoms with Crippen LogP contribution < -0.4 is 0 Å². The van der Waals surface area contributed by atoms with Gasteiger partial charge in [-0.3, -0.25) is 4.79 Å². The van der Waals surface area contributed by atoms with E-state index < -0.39 is 29.6 Å². The number of hydrogen-bond acceptors (Lipinski definition) is 3. The number of likely N-dealkylation sites (tertiary alicyclic amines) is 1. The van der Waals surface area contributed by atoms with Gasteiger partial charge in [-0.05, 0) is 27.2 Å². The number of amides is 1. The third-order valence-electron chi connectivity index (χ3n) is 2.49. The van der Waals surface area contributed by atoms with Gasteiger partial charge >= 0.3 is 12.3 Å². The molecule has 4 nitrogen and oxygen atoms in total. The monoisotopic (exact) mass is 267 g/mol. The summed E-state index contributed by atoms with van der Waals surface area (Å²) in [4.78, 5) is 23.7. The topological polar surface area (TPSA) is 46.6 Å². The molecular weight excluding hydrogens is 251 g/mol. The third kappa shape index (κ3) is 3.89. The van der Waals surface area contributed by atoms with Crippen LogP contribution in [-0.4, -0.2) is 41.6 Å². The summed E-state index contributed by atoms with van der Waals surface area (Å²) < 4.78 is 41.7. The fourth-order valence-corrected chi connectivity index (χ4v) is 1.70. The standard InChI is InChI=1S/C11H16F3NO3/c1-10(2,3)18-9(17)15-5-4-7(6-15)8(16)11(12,13)14/h7H,4-6H2,1-3H3/t7-/m0/s1. The molecule has 0 saturated carbocycles. The van der Waals surface area contributed by atoms with Crippen molar-refractivity contribution >= 4 is 11.9 Å². The lowest BCUT2D eigenvalue weighted by molar-refractivity contribution is -0.175. The van der Waals surface area contributed by atoms with E-state index in [1.807, 2.05) is 0 Å². The van der Waals surface area contributed by atoms with Gasteiger partial charge in [-0.15, -0.1) is 0 Å². The van der Waals surface area contributed by atoms with Gasteiger partial charge in [0.15, 0.2) is 0 Å². The maximum atomic E-state index is 12.2. The molecule has 0 unspecified atom stereocenters. The quantitative estimate of drug-likeness (QED) is 0.732. The molecule has 1 aliphatic heterocycles. The summed E-state index contributed by atoms with van der Waals surface area (Å²) in [5.74, 6) is -2.94. The Morgan fingerprint density at radius 1 is 1.22 bits per heavy atom. The van der Waals surface area contributed by atoms with Gasteiger partial charge in [0.1, 0.15) is 5.60 Å². The number of nitrogens with zero attached hydrogens (tertiary/aromatic N) is 1. The number of ether oxygens (including phenoxy) is 1. The lowest BCUT2D eigenvalue weighted by Crippen LogP contribution is -2.37. The predicted octanol–water partition coefficient (Wildman–Crippen LogP) is 2.37. The highest BCUT2D eigenvalue weighted by molar-refractivity contribution is 5.87. The zero-order chi connectivity index (χ0) is 14.1. The summed E-state index contributed by atoms with van der Waals surface area (Å²) in [5, 5.41) is 0. The third-order valence-corrected chi connectivity index (χ3v) is 2.49. The lowest BCUT2D eigenvalue weighted by atomic mass is 10.0. The van der Waals surface area contributed by atoms with Crippen molar-refractivity contribution < 1.29 is 27.5 Å². The van der Waals surface area contributed by atoms with Crippen molar-refractivity contribution in [1.29, 1.82) is 0 Å². The predicted molar refractivity (Wildman–Crippen MR) is 57.0 cm³/mol. The number of hydrogen-bond donors (Lipinski definition) is 0. The van der Waals surface area contributed by atoms with E-state index in [4.69, 9.17) is 4.74 Å². The van der Waals surface area contributed by atoms with Crippen molar-refractivity contribution in [3.05, 3.63) is 0 Å². The van der Waals surface area contributed by atoms with Crippen LogP contribution in [0.3, 0.4) is 0 Å². The largest absolute Gasteiger partial charge is 0.450 e. The van der Waals surface area contributed by atoms with Crippen LogP contribution in [0.5, 0.6) is 0 Å². The van der Waals surface area contributed by atoms with Crippen LogP contribution >= 0.6 is 0 Å². The van der Waals surface area contributed by atoms with E-state index in [1.165, 1.54) is 0 Å². The number of carbonyl (C=O) groups excluding carboxylic acids is 2. The number of halogens is 3. The van der Waals surface area contributed by atoms with Crippen molar-refractivity contribution in [2.75, 3.05) is 13.1 Å². The summed E-state index contributed by atoms with van der Waals surface area (Å²) in [6, 6.07) is 0. The van der Waals surface area contributed by atoms with E-state index in [2.05, 4.69) is 0 Å². The van der Waals surface area contributed by atoms with Crippen LogP contribution in [0.25, 0.3) is 0 Å². The second kappa shape index (κ2) is 4.78. The number of Topliss-reactive ketones (excluding diaryl/α,β-unsaturated/α-hetero) is 1. The average Bonchev–Trinajstić information content (AvgIpc) is 2.60. The van der Waals surface area contributed by atoms with Crippen molar-refractivity contribution in [1.82, 2.24) is 4.90 Å². The summed E-state index contributed by atoms with van der Waals surface area (Å²) in [5.41, 5.74) is -0.705. The maximum absolute atomic E-state index is 12.2. The fraction of sp³-hybridized carbons (Fsp3) is 0.818. The molecule has 0 aliphatic carbocycles. The molecule has 0 aromatic carbocycles. The Hall–Kier alpha value is -1.27. The van der Waals surface area contributed by atoms with Crippen LogP contribution in [0.4, 0.5) is 18.0 Å². The molecule has 0 spiro atoms. The number of rotatable bonds is 1. The van der Waals surface area contributed by atoms with Gasteiger partial charge in [-0.25, -0.2) is 4.79 Å². The van der Waals surface area contributed by atoms with Gasteiger partial charge in [0.25, 0.3) is 0 Å². The molecule has 0 radical (unpaired) electrons. The molecule has 0 aromatic rings. The van der Waals surface area contributed by atoms with Crippen LogP contribution in [0.15, 0.2) is 0 Å². The Balaban J connectivity index is 2.57. The SMILES string of the molecule is CC(C)(C)OC(=O)N1CC[C@H](C(=O)C(F)(F)F)C1. The van der Waals surface area contributed by atoms with Crippen LogP contribution in [-0.2, 0) is 9.53 Å². The highest BCUT2D eigenvalue weighted by atomic mass is 19.4. The lowest BCUT2D eigenvalue weighted by Gasteiger charge is -2.24. The molecule has 1 heterocycles. The second-order valence-corrected chi connectivity index (χ2v) is 5.27. The van der Waals surface area contributed by atoms with Crippen LogP contribution in [0, 0.1) is 5.92 Å². The fourth-order valence-electron chi connectivity index (χ4n) is 1.70. The van der Waals surface area contributed by atoms with Crippen LogP contribution in [0.2, 0.25) is 0 Å². The second-order valence-electron chi connectivity index (χ2n) is 5.27. The van der Waals surface area contributed by atoms with Crippen LogP contribution in [0.1, 0.15) is 27.2 Å². The number of alkyl halides is 3. The summed E-state index contributed by atoms with van der Waals surface area (Å²) in [7, 11) is 0. The van der Waals surface area contributed by atoms with E-state index in [9.17, 15) is 22.8 Å². The molecule has 1 saturated heterocycles. The Morgan fingerprint density at radius 2 is 1.78 bits per heavy atom. The van der Waals surface area contributed by atoms with Gasteiger partial charge in [0.2, 0.25) is 5.78 Å². The van der Waals surface area contributed by atoms with Gasteiger partial charge in [0.05, 0.1) is 0 Å². The highest BCUT2D eigenvalue weighted by Gasteiger charge is 2.46. The van der Waals surface area contributed by atoms with Gasteiger partial charge in [-0.2, -0.15) is 13.2 Å². The van der Waals surface area contributed by atoms with E-state index in [1.54, 1.807) is 20.8 Å². The smallest absolute Gasteiger partial charge is 0.444 e. The highest BCUT2D eigenvalue weighted by Crippen LogP contribution is 2.27. The van der Waals surface area contributed by atoms with Crippen molar-refractivity contribution in [3.63, 3.8) is 0 Å². The number of ketones is 1. The molecule has 1 aliphatic rings. The Kier molecular flexibility index (Phi) is 3.92. The zero-order valence-corrected chi connectivity index (χ0v) is 10.5. The number of carbonyl (C=O) groups is 2. The molecule has 0 aromatic heterocycles. The molecule has 1 fully saturated rings. The van der Waals surface area contributed by atoms with E-state index in [-0.39, 0.29) is 19.5 Å². The minimum Gasteiger partial charge on any atom is -0.444 e. The molecule has 7 heteroatoms. The van der Waals surface area contributed by atoms with E-state index >= 15 is 0 Å². The molecule has 0 N–H and O–H groups in total. The van der Waals surface area contributed by atoms with Crippen molar-refractivity contribution in [2.24, 2.45) is 5.92 Å². The molecule has 1 amide bonds. The van der Waals surface area contributed by atoms with E-state index in [0.717, 1.165) is 4.90 Å². The van der Waals surface area contributed by atoms with Gasteiger partial charge in [-0.1, -0.05) is 0 Å². The van der Waals surface area contributed by atoms with Gasteiger partial charge < -0.3 is 9.64 Å². The van der Waals surface area contributed by atoms with Crippen molar-refractivity contribution in [2.45, 2.75) is 39.0 Å². The summed E-state index contributed by atoms with van der Waals surface area (Å²) in [6.07, 6.45) is -5.49. The Labute approximate surface area is 103 Å². The summed E-state index contributed by atoms with van der Waals surface area (Å²) >= 11 is 0. The first-order valence-corrected chi connectivity index (χ1v) is 5.59. The molecule has 104 valence electrons.